The molecule has 0 saturated carbocycles. The molecular formula is C51H32N4S. The fourth-order valence-electron chi connectivity index (χ4n) is 8.00. The molecule has 8 aromatic carbocycles. The van der Waals surface area contributed by atoms with Gasteiger partial charge < -0.3 is 4.57 Å². The highest BCUT2D eigenvalue weighted by Crippen LogP contribution is 2.42. The smallest absolute Gasteiger partial charge is 0.164 e. The van der Waals surface area contributed by atoms with Gasteiger partial charge in [-0.2, -0.15) is 0 Å². The zero-order chi connectivity index (χ0) is 37.0. The van der Waals surface area contributed by atoms with Crippen molar-refractivity contribution < 1.29 is 0 Å². The van der Waals surface area contributed by atoms with Gasteiger partial charge in [0.1, 0.15) is 0 Å². The van der Waals surface area contributed by atoms with E-state index < -0.39 is 0 Å². The summed E-state index contributed by atoms with van der Waals surface area (Å²) in [5.41, 5.74) is 11.2. The minimum atomic E-state index is 0.659. The van der Waals surface area contributed by atoms with E-state index in [1.165, 1.54) is 64.2 Å². The maximum atomic E-state index is 5.00. The van der Waals surface area contributed by atoms with Gasteiger partial charge in [0.15, 0.2) is 17.5 Å². The Morgan fingerprint density at radius 3 is 1.50 bits per heavy atom. The van der Waals surface area contributed by atoms with Gasteiger partial charge in [-0.05, 0) is 52.6 Å². The van der Waals surface area contributed by atoms with Crippen molar-refractivity contribution in [3.63, 3.8) is 0 Å². The van der Waals surface area contributed by atoms with E-state index in [4.69, 9.17) is 15.0 Å². The Kier molecular flexibility index (Phi) is 7.64. The van der Waals surface area contributed by atoms with Crippen LogP contribution in [0.15, 0.2) is 194 Å². The summed E-state index contributed by atoms with van der Waals surface area (Å²) in [4.78, 5) is 14.9. The Bertz CT molecular complexity index is 3170. The molecule has 0 unspecified atom stereocenters. The van der Waals surface area contributed by atoms with E-state index in [1.807, 2.05) is 72.0 Å². The van der Waals surface area contributed by atoms with Gasteiger partial charge in [0.2, 0.25) is 0 Å². The first kappa shape index (κ1) is 32.2. The molecular weight excluding hydrogens is 701 g/mol. The highest BCUT2D eigenvalue weighted by atomic mass is 32.1. The van der Waals surface area contributed by atoms with Gasteiger partial charge in [-0.15, -0.1) is 11.3 Å². The average molecular weight is 733 g/mol. The molecule has 0 aliphatic heterocycles. The standard InChI is InChI=1S/C51H32N4S/c1-5-14-33(15-6-1)37-24-28-43-45(30-37)55(44-23-13-22-40(48(43)44)34-16-7-2-8-17-34)39-26-29-42-41-27-25-38(31-46(41)56-47(42)32-39)51-53-49(35-18-9-3-10-19-35)52-50(54-51)36-20-11-4-12-21-36/h1-32H. The van der Waals surface area contributed by atoms with Crippen molar-refractivity contribution in [1.29, 1.82) is 0 Å². The first-order valence-electron chi connectivity index (χ1n) is 18.8. The molecule has 0 spiro atoms. The Hall–Kier alpha value is -7.21. The van der Waals surface area contributed by atoms with Gasteiger partial charge in [0.25, 0.3) is 0 Å². The first-order valence-corrected chi connectivity index (χ1v) is 19.6. The number of hydrogen-bond donors (Lipinski definition) is 0. The van der Waals surface area contributed by atoms with Crippen LogP contribution >= 0.6 is 11.3 Å². The second-order valence-electron chi connectivity index (χ2n) is 14.0. The molecule has 262 valence electrons. The number of nitrogens with zero attached hydrogens (tertiary/aromatic N) is 4. The molecule has 4 nitrogen and oxygen atoms in total. The number of benzene rings is 8. The van der Waals surface area contributed by atoms with Crippen LogP contribution in [0.2, 0.25) is 0 Å². The van der Waals surface area contributed by atoms with Crippen LogP contribution in [0.5, 0.6) is 0 Å². The second-order valence-corrected chi connectivity index (χ2v) is 15.1. The van der Waals surface area contributed by atoms with Crippen molar-refractivity contribution in [2.24, 2.45) is 0 Å². The fraction of sp³-hybridized carbons (Fsp3) is 0. The highest BCUT2D eigenvalue weighted by molar-refractivity contribution is 7.25. The molecule has 3 heterocycles. The lowest BCUT2D eigenvalue weighted by molar-refractivity contribution is 1.07. The van der Waals surface area contributed by atoms with Gasteiger partial charge in [-0.1, -0.05) is 164 Å². The van der Waals surface area contributed by atoms with E-state index in [1.54, 1.807) is 0 Å². The van der Waals surface area contributed by atoms with Crippen LogP contribution in [0, 0.1) is 0 Å². The number of hydrogen-bond acceptors (Lipinski definition) is 4. The minimum Gasteiger partial charge on any atom is -0.309 e. The van der Waals surface area contributed by atoms with Gasteiger partial charge in [-0.25, -0.2) is 15.0 Å². The second kappa shape index (κ2) is 13.3. The summed E-state index contributed by atoms with van der Waals surface area (Å²) >= 11 is 1.81. The molecule has 0 atom stereocenters. The lowest BCUT2D eigenvalue weighted by Crippen LogP contribution is -1.99. The molecule has 0 fully saturated rings. The predicted octanol–water partition coefficient (Wildman–Crippen LogP) is 13.7. The molecule has 3 aromatic heterocycles. The molecule has 0 radical (unpaired) electrons. The van der Waals surface area contributed by atoms with Crippen LogP contribution in [-0.2, 0) is 0 Å². The minimum absolute atomic E-state index is 0.659. The maximum absolute atomic E-state index is 5.00. The first-order chi connectivity index (χ1) is 27.7. The normalized spacial score (nSPS) is 11.6. The maximum Gasteiger partial charge on any atom is 0.164 e. The fourth-order valence-corrected chi connectivity index (χ4v) is 9.17. The molecule has 56 heavy (non-hydrogen) atoms. The van der Waals surface area contributed by atoms with E-state index in [2.05, 4.69) is 138 Å². The molecule has 0 amide bonds. The zero-order valence-corrected chi connectivity index (χ0v) is 31.0. The van der Waals surface area contributed by atoms with Crippen molar-refractivity contribution in [2.45, 2.75) is 0 Å². The quantitative estimate of drug-likeness (QED) is 0.171. The van der Waals surface area contributed by atoms with Crippen molar-refractivity contribution in [3.05, 3.63) is 194 Å². The van der Waals surface area contributed by atoms with E-state index in [0.29, 0.717) is 17.5 Å². The summed E-state index contributed by atoms with van der Waals surface area (Å²) in [5.74, 6) is 1.98. The van der Waals surface area contributed by atoms with Gasteiger partial charge in [-0.3, -0.25) is 0 Å². The monoisotopic (exact) mass is 732 g/mol. The SMILES string of the molecule is c1ccc(-c2ccc3c4c(-c5ccccc5)cccc4n(-c4ccc5c(c4)sc4cc(-c6nc(-c7ccccc7)nc(-c7ccccc7)n6)ccc45)c3c2)cc1. The number of fused-ring (bicyclic) bond motifs is 6. The zero-order valence-electron chi connectivity index (χ0n) is 30.2. The molecule has 0 bridgehead atoms. The third-order valence-corrected chi connectivity index (χ3v) is 11.8. The van der Waals surface area contributed by atoms with Gasteiger partial charge in [0, 0.05) is 53.3 Å². The summed E-state index contributed by atoms with van der Waals surface area (Å²) in [5, 5.41) is 4.96. The molecule has 5 heteroatoms. The number of rotatable bonds is 6. The topological polar surface area (TPSA) is 43.6 Å². The van der Waals surface area contributed by atoms with E-state index in [-0.39, 0.29) is 0 Å². The molecule has 0 aliphatic carbocycles. The summed E-state index contributed by atoms with van der Waals surface area (Å²) in [6.45, 7) is 0. The van der Waals surface area contributed by atoms with Crippen molar-refractivity contribution in [1.82, 2.24) is 19.5 Å². The van der Waals surface area contributed by atoms with Crippen molar-refractivity contribution in [2.75, 3.05) is 0 Å². The van der Waals surface area contributed by atoms with Crippen LogP contribution in [0.3, 0.4) is 0 Å². The molecule has 0 saturated heterocycles. The number of thiophene rings is 1. The summed E-state index contributed by atoms with van der Waals surface area (Å²) in [6, 6.07) is 68.7. The number of aromatic nitrogens is 4. The van der Waals surface area contributed by atoms with Gasteiger partial charge in [0.05, 0.1) is 11.0 Å². The summed E-state index contributed by atoms with van der Waals surface area (Å²) in [6.07, 6.45) is 0. The third-order valence-electron chi connectivity index (χ3n) is 10.7. The molecule has 11 aromatic rings. The lowest BCUT2D eigenvalue weighted by Gasteiger charge is -2.10. The summed E-state index contributed by atoms with van der Waals surface area (Å²) in [7, 11) is 0. The van der Waals surface area contributed by atoms with Crippen LogP contribution in [0.1, 0.15) is 0 Å². The lowest BCUT2D eigenvalue weighted by atomic mass is 9.98. The Morgan fingerprint density at radius 1 is 0.339 bits per heavy atom. The van der Waals surface area contributed by atoms with Crippen LogP contribution in [-0.4, -0.2) is 19.5 Å². The molecule has 0 aliphatic rings. The van der Waals surface area contributed by atoms with E-state index >= 15 is 0 Å². The molecule has 11 rings (SSSR count). The van der Waals surface area contributed by atoms with Crippen LogP contribution < -0.4 is 0 Å². The van der Waals surface area contributed by atoms with Crippen LogP contribution in [0.25, 0.3) is 104 Å². The summed E-state index contributed by atoms with van der Waals surface area (Å²) < 4.78 is 4.87. The Balaban J connectivity index is 1.08. The molecule has 0 N–H and O–H groups in total. The third kappa shape index (κ3) is 5.48. The van der Waals surface area contributed by atoms with Crippen LogP contribution in [0.4, 0.5) is 0 Å². The van der Waals surface area contributed by atoms with E-state index in [9.17, 15) is 0 Å². The van der Waals surface area contributed by atoms with Crippen molar-refractivity contribution in [3.8, 4) is 62.1 Å². The Labute approximate surface area is 327 Å². The largest absolute Gasteiger partial charge is 0.309 e. The van der Waals surface area contributed by atoms with Gasteiger partial charge >= 0.3 is 0 Å². The average Bonchev–Trinajstić information content (AvgIpc) is 3.82. The Morgan fingerprint density at radius 2 is 0.857 bits per heavy atom. The van der Waals surface area contributed by atoms with Crippen molar-refractivity contribution >= 4 is 53.3 Å². The van der Waals surface area contributed by atoms with E-state index in [0.717, 1.165) is 22.4 Å². The predicted molar refractivity (Wildman–Crippen MR) is 234 cm³/mol. The highest BCUT2D eigenvalue weighted by Gasteiger charge is 2.19.